The molecule has 0 spiro atoms. The van der Waals surface area contributed by atoms with Gasteiger partial charge in [-0.1, -0.05) is 0 Å². The molecule has 0 atom stereocenters. The van der Waals surface area contributed by atoms with Crippen LogP contribution in [0.2, 0.25) is 0 Å². The Labute approximate surface area is 140 Å². The molecule has 0 bridgehead atoms. The molecule has 1 aliphatic rings. The number of benzene rings is 1. The van der Waals surface area contributed by atoms with Crippen molar-refractivity contribution in [2.45, 2.75) is 17.7 Å². The van der Waals surface area contributed by atoms with Gasteiger partial charge in [-0.25, -0.2) is 8.42 Å². The molecule has 1 amide bonds. The number of methoxy groups -OCH3 is 1. The van der Waals surface area contributed by atoms with Crippen molar-refractivity contribution in [2.75, 3.05) is 38.7 Å². The first-order valence-electron chi connectivity index (χ1n) is 7.48. The van der Waals surface area contributed by atoms with E-state index in [2.05, 4.69) is 10.1 Å². The third-order valence-corrected chi connectivity index (χ3v) is 5.44. The lowest BCUT2D eigenvalue weighted by Crippen LogP contribution is -2.40. The lowest BCUT2D eigenvalue weighted by Gasteiger charge is -2.26. The van der Waals surface area contributed by atoms with Crippen molar-refractivity contribution in [3.8, 4) is 0 Å². The van der Waals surface area contributed by atoms with Gasteiger partial charge in [-0.05, 0) is 24.3 Å². The second kappa shape index (κ2) is 8.22. The molecule has 1 saturated heterocycles. The van der Waals surface area contributed by atoms with Crippen molar-refractivity contribution in [3.63, 3.8) is 0 Å². The van der Waals surface area contributed by atoms with Crippen molar-refractivity contribution < 1.29 is 27.5 Å². The maximum atomic E-state index is 12.5. The predicted molar refractivity (Wildman–Crippen MR) is 85.9 cm³/mol. The van der Waals surface area contributed by atoms with Gasteiger partial charge in [-0.3, -0.25) is 9.59 Å². The Bertz CT molecular complexity index is 680. The lowest BCUT2D eigenvalue weighted by atomic mass is 10.2. The lowest BCUT2D eigenvalue weighted by molar-refractivity contribution is -0.141. The molecule has 1 aliphatic heterocycles. The Morgan fingerprint density at radius 2 is 1.79 bits per heavy atom. The highest BCUT2D eigenvalue weighted by Gasteiger charge is 2.26. The van der Waals surface area contributed by atoms with Crippen molar-refractivity contribution in [2.24, 2.45) is 0 Å². The van der Waals surface area contributed by atoms with E-state index in [4.69, 9.17) is 4.74 Å². The highest BCUT2D eigenvalue weighted by atomic mass is 32.2. The van der Waals surface area contributed by atoms with Crippen LogP contribution in [0.3, 0.4) is 0 Å². The van der Waals surface area contributed by atoms with Crippen LogP contribution in [-0.2, 0) is 29.1 Å². The molecule has 1 N–H and O–H groups in total. The van der Waals surface area contributed by atoms with Gasteiger partial charge < -0.3 is 14.8 Å². The first-order chi connectivity index (χ1) is 11.4. The fourth-order valence-electron chi connectivity index (χ4n) is 2.19. The molecule has 0 aromatic heterocycles. The summed E-state index contributed by atoms with van der Waals surface area (Å²) in [5.74, 6) is -0.804. The fraction of sp³-hybridized carbons (Fsp3) is 0.467. The number of morpholine rings is 1. The Hall–Kier alpha value is -1.97. The summed E-state index contributed by atoms with van der Waals surface area (Å²) in [7, 11) is -2.29. The summed E-state index contributed by atoms with van der Waals surface area (Å²) in [5, 5.41) is 2.60. The van der Waals surface area contributed by atoms with Gasteiger partial charge >= 0.3 is 5.97 Å². The van der Waals surface area contributed by atoms with Crippen LogP contribution in [0.15, 0.2) is 29.2 Å². The van der Waals surface area contributed by atoms with Crippen LogP contribution in [0.25, 0.3) is 0 Å². The smallest absolute Gasteiger partial charge is 0.306 e. The number of amides is 1. The van der Waals surface area contributed by atoms with Crippen LogP contribution in [-0.4, -0.2) is 58.0 Å². The Kier molecular flexibility index (Phi) is 6.29. The van der Waals surface area contributed by atoms with E-state index in [9.17, 15) is 18.0 Å². The summed E-state index contributed by atoms with van der Waals surface area (Å²) < 4.78 is 35.9. The van der Waals surface area contributed by atoms with Gasteiger partial charge in [0.25, 0.3) is 0 Å². The number of nitrogens with zero attached hydrogens (tertiary/aromatic N) is 1. The predicted octanol–water partition coefficient (Wildman–Crippen LogP) is 0.599. The van der Waals surface area contributed by atoms with Crippen LogP contribution in [0.5, 0.6) is 0 Å². The quantitative estimate of drug-likeness (QED) is 0.749. The van der Waals surface area contributed by atoms with E-state index < -0.39 is 16.0 Å². The fourth-order valence-corrected chi connectivity index (χ4v) is 3.60. The summed E-state index contributed by atoms with van der Waals surface area (Å²) in [5.41, 5.74) is 0.464. The summed E-state index contributed by atoms with van der Waals surface area (Å²) in [6, 6.07) is 5.92. The van der Waals surface area contributed by atoms with Crippen molar-refractivity contribution in [1.29, 1.82) is 0 Å². The summed E-state index contributed by atoms with van der Waals surface area (Å²) in [4.78, 5) is 22.9. The molecule has 1 aromatic rings. The average molecular weight is 356 g/mol. The van der Waals surface area contributed by atoms with Crippen molar-refractivity contribution in [3.05, 3.63) is 24.3 Å². The van der Waals surface area contributed by atoms with Crippen LogP contribution < -0.4 is 5.32 Å². The van der Waals surface area contributed by atoms with Gasteiger partial charge in [-0.2, -0.15) is 4.31 Å². The maximum absolute atomic E-state index is 12.5. The highest BCUT2D eigenvalue weighted by molar-refractivity contribution is 7.89. The second-order valence-corrected chi connectivity index (χ2v) is 7.10. The molecule has 2 rings (SSSR count). The monoisotopic (exact) mass is 356 g/mol. The zero-order valence-corrected chi connectivity index (χ0v) is 14.2. The molecule has 8 nitrogen and oxygen atoms in total. The highest BCUT2D eigenvalue weighted by Crippen LogP contribution is 2.19. The molecule has 0 aliphatic carbocycles. The van der Waals surface area contributed by atoms with Gasteiger partial charge in [0.2, 0.25) is 15.9 Å². The summed E-state index contributed by atoms with van der Waals surface area (Å²) >= 11 is 0. The van der Waals surface area contributed by atoms with Gasteiger partial charge in [0.1, 0.15) is 0 Å². The number of anilines is 1. The van der Waals surface area contributed by atoms with Crippen LogP contribution in [0.4, 0.5) is 5.69 Å². The number of carbonyl (C=O) groups is 2. The number of hydrogen-bond donors (Lipinski definition) is 1. The second-order valence-electron chi connectivity index (χ2n) is 5.17. The topological polar surface area (TPSA) is 102 Å². The number of rotatable bonds is 6. The average Bonchev–Trinajstić information content (AvgIpc) is 2.61. The minimum Gasteiger partial charge on any atom is -0.469 e. The first kappa shape index (κ1) is 18.4. The molecule has 24 heavy (non-hydrogen) atoms. The molecule has 1 aromatic carbocycles. The van der Waals surface area contributed by atoms with Gasteiger partial charge in [0, 0.05) is 25.2 Å². The van der Waals surface area contributed by atoms with Crippen molar-refractivity contribution in [1.82, 2.24) is 4.31 Å². The van der Waals surface area contributed by atoms with Crippen LogP contribution in [0, 0.1) is 0 Å². The minimum atomic E-state index is -3.55. The van der Waals surface area contributed by atoms with Gasteiger partial charge in [0.15, 0.2) is 0 Å². The summed E-state index contributed by atoms with van der Waals surface area (Å²) in [6.45, 7) is 1.42. The standard InChI is InChI=1S/C15H20N2O6S/c1-22-15(19)7-6-14(18)16-12-2-4-13(5-3-12)24(20,21)17-8-10-23-11-9-17/h2-5H,6-11H2,1H3,(H,16,18). The molecule has 132 valence electrons. The number of nitrogens with one attached hydrogen (secondary N) is 1. The first-order valence-corrected chi connectivity index (χ1v) is 8.92. The number of hydrogen-bond acceptors (Lipinski definition) is 6. The molecular weight excluding hydrogens is 336 g/mol. The molecule has 1 heterocycles. The van der Waals surface area contributed by atoms with Crippen LogP contribution in [0.1, 0.15) is 12.8 Å². The minimum absolute atomic E-state index is 0.000497. The van der Waals surface area contributed by atoms with E-state index in [1.165, 1.54) is 35.7 Å². The largest absolute Gasteiger partial charge is 0.469 e. The zero-order chi connectivity index (χ0) is 17.6. The SMILES string of the molecule is COC(=O)CCC(=O)Nc1ccc(S(=O)(=O)N2CCOCC2)cc1. The molecule has 0 radical (unpaired) electrons. The number of esters is 1. The molecule has 1 fully saturated rings. The Balaban J connectivity index is 1.97. The maximum Gasteiger partial charge on any atom is 0.306 e. The Morgan fingerprint density at radius 1 is 1.17 bits per heavy atom. The van der Waals surface area contributed by atoms with Crippen molar-refractivity contribution >= 4 is 27.6 Å². The van der Waals surface area contributed by atoms with E-state index in [0.717, 1.165) is 0 Å². The number of carbonyl (C=O) groups excluding carboxylic acids is 2. The van der Waals surface area contributed by atoms with Gasteiger partial charge in [-0.15, -0.1) is 0 Å². The number of sulfonamides is 1. The third-order valence-electron chi connectivity index (χ3n) is 3.53. The van der Waals surface area contributed by atoms with E-state index in [-0.39, 0.29) is 23.6 Å². The summed E-state index contributed by atoms with van der Waals surface area (Å²) in [6.07, 6.45) is -0.00761. The third kappa shape index (κ3) is 4.76. The molecule has 9 heteroatoms. The number of ether oxygens (including phenoxy) is 2. The van der Waals surface area contributed by atoms with E-state index >= 15 is 0 Å². The Morgan fingerprint density at radius 3 is 2.38 bits per heavy atom. The van der Waals surface area contributed by atoms with E-state index in [1.54, 1.807) is 0 Å². The zero-order valence-electron chi connectivity index (χ0n) is 13.4. The normalized spacial score (nSPS) is 15.7. The van der Waals surface area contributed by atoms with Gasteiger partial charge in [0.05, 0.1) is 31.6 Å². The molecule has 0 saturated carbocycles. The van der Waals surface area contributed by atoms with E-state index in [1.807, 2.05) is 0 Å². The molecular formula is C15H20N2O6S. The van der Waals surface area contributed by atoms with Crippen LogP contribution >= 0.6 is 0 Å². The van der Waals surface area contributed by atoms with E-state index in [0.29, 0.717) is 32.0 Å². The molecule has 0 unspecified atom stereocenters.